The van der Waals surface area contributed by atoms with Crippen molar-refractivity contribution in [1.82, 2.24) is 0 Å². The molecule has 0 radical (unpaired) electrons. The number of ether oxygens (including phenoxy) is 2. The lowest BCUT2D eigenvalue weighted by atomic mass is 10.1. The molecular weight excluding hydrogens is 278 g/mol. The van der Waals surface area contributed by atoms with E-state index in [1.165, 1.54) is 49.6 Å². The molecule has 2 aromatic carbocycles. The van der Waals surface area contributed by atoms with Crippen LogP contribution in [0.3, 0.4) is 0 Å². The van der Waals surface area contributed by atoms with Crippen molar-refractivity contribution in [3.8, 4) is 11.5 Å². The van der Waals surface area contributed by atoms with E-state index >= 15 is 0 Å². The van der Waals surface area contributed by atoms with Crippen LogP contribution in [0.1, 0.15) is 15.9 Å². The molecule has 0 aromatic heterocycles. The number of carbonyl (C=O) groups excluding carboxylic acids is 1. The molecular formula is C16H14F2O3. The Morgan fingerprint density at radius 3 is 2.43 bits per heavy atom. The second-order valence-electron chi connectivity index (χ2n) is 4.39. The van der Waals surface area contributed by atoms with Gasteiger partial charge in [-0.3, -0.25) is 4.79 Å². The van der Waals surface area contributed by atoms with E-state index in [1.807, 2.05) is 0 Å². The number of hydrogen-bond acceptors (Lipinski definition) is 3. The Kier molecular flexibility index (Phi) is 4.52. The van der Waals surface area contributed by atoms with Gasteiger partial charge in [-0.2, -0.15) is 8.78 Å². The third-order valence-electron chi connectivity index (χ3n) is 2.93. The van der Waals surface area contributed by atoms with Gasteiger partial charge in [0.15, 0.2) is 18.1 Å². The van der Waals surface area contributed by atoms with Crippen LogP contribution in [0.2, 0.25) is 0 Å². The van der Waals surface area contributed by atoms with E-state index in [4.69, 9.17) is 9.47 Å². The summed E-state index contributed by atoms with van der Waals surface area (Å²) >= 11 is 0. The Morgan fingerprint density at radius 2 is 1.81 bits per heavy atom. The summed E-state index contributed by atoms with van der Waals surface area (Å²) < 4.78 is 38.2. The monoisotopic (exact) mass is 292 g/mol. The van der Waals surface area contributed by atoms with Gasteiger partial charge < -0.3 is 9.47 Å². The van der Waals surface area contributed by atoms with Gasteiger partial charge in [0.25, 0.3) is 0 Å². The molecule has 2 rings (SSSR count). The van der Waals surface area contributed by atoms with Crippen LogP contribution in [0.25, 0.3) is 0 Å². The first-order chi connectivity index (χ1) is 10.1. The predicted molar refractivity (Wildman–Crippen MR) is 74.2 cm³/mol. The van der Waals surface area contributed by atoms with Gasteiger partial charge in [-0.05, 0) is 18.2 Å². The zero-order valence-electron chi connectivity index (χ0n) is 11.4. The highest BCUT2D eigenvalue weighted by Gasteiger charge is 2.32. The fraction of sp³-hybridized carbons (Fsp3) is 0.188. The molecule has 21 heavy (non-hydrogen) atoms. The molecule has 110 valence electrons. The molecule has 0 aliphatic heterocycles. The Hall–Kier alpha value is -2.43. The Labute approximate surface area is 121 Å². The van der Waals surface area contributed by atoms with E-state index in [2.05, 4.69) is 0 Å². The van der Waals surface area contributed by atoms with Crippen LogP contribution in [0, 0.1) is 0 Å². The van der Waals surface area contributed by atoms with Crippen LogP contribution >= 0.6 is 0 Å². The van der Waals surface area contributed by atoms with Gasteiger partial charge in [-0.25, -0.2) is 0 Å². The van der Waals surface area contributed by atoms with Crippen LogP contribution in [0.15, 0.2) is 48.5 Å². The number of alkyl halides is 2. The maximum Gasteiger partial charge on any atom is 0.306 e. The van der Waals surface area contributed by atoms with Crippen LogP contribution in [0.5, 0.6) is 11.5 Å². The minimum atomic E-state index is -3.14. The molecule has 0 heterocycles. The Morgan fingerprint density at radius 1 is 1.10 bits per heavy atom. The minimum absolute atomic E-state index is 0.109. The van der Waals surface area contributed by atoms with Gasteiger partial charge in [-0.1, -0.05) is 30.3 Å². The third-order valence-corrected chi connectivity index (χ3v) is 2.93. The van der Waals surface area contributed by atoms with Crippen molar-refractivity contribution in [3.05, 3.63) is 59.7 Å². The highest BCUT2D eigenvalue weighted by atomic mass is 19.3. The smallest absolute Gasteiger partial charge is 0.306 e. The van der Waals surface area contributed by atoms with Crippen LogP contribution < -0.4 is 9.47 Å². The highest BCUT2D eigenvalue weighted by molar-refractivity contribution is 5.76. The zero-order chi connectivity index (χ0) is 15.3. The summed E-state index contributed by atoms with van der Waals surface area (Å²) in [5.41, 5.74) is 0.198. The van der Waals surface area contributed by atoms with Crippen LogP contribution in [0.4, 0.5) is 8.78 Å². The summed E-state index contributed by atoms with van der Waals surface area (Å²) in [7, 11) is 1.40. The van der Waals surface area contributed by atoms with E-state index in [0.717, 1.165) is 0 Å². The summed E-state index contributed by atoms with van der Waals surface area (Å²) in [4.78, 5) is 10.7. The lowest BCUT2D eigenvalue weighted by Crippen LogP contribution is -2.23. The van der Waals surface area contributed by atoms with E-state index in [-0.39, 0.29) is 11.3 Å². The number of methoxy groups -OCH3 is 1. The standard InChI is InChI=1S/C16H14F2O3/c1-20-14-8-7-12(10-19)9-15(14)21-11-16(17,18)13-5-3-2-4-6-13/h2-10H,11H2,1H3. The lowest BCUT2D eigenvalue weighted by molar-refractivity contribution is -0.0472. The average Bonchev–Trinajstić information content (AvgIpc) is 2.53. The Balaban J connectivity index is 2.17. The molecule has 0 spiro atoms. The van der Waals surface area contributed by atoms with Crippen molar-refractivity contribution in [2.45, 2.75) is 5.92 Å². The summed E-state index contributed by atoms with van der Waals surface area (Å²) in [6.07, 6.45) is 0.613. The fourth-order valence-corrected chi connectivity index (χ4v) is 1.81. The van der Waals surface area contributed by atoms with Gasteiger partial charge in [-0.15, -0.1) is 0 Å². The normalized spacial score (nSPS) is 11.0. The molecule has 0 bridgehead atoms. The lowest BCUT2D eigenvalue weighted by Gasteiger charge is -2.18. The van der Waals surface area contributed by atoms with Crippen molar-refractivity contribution in [1.29, 1.82) is 0 Å². The topological polar surface area (TPSA) is 35.5 Å². The molecule has 0 fully saturated rings. The van der Waals surface area contributed by atoms with E-state index in [1.54, 1.807) is 6.07 Å². The molecule has 0 unspecified atom stereocenters. The fourth-order valence-electron chi connectivity index (χ4n) is 1.81. The van der Waals surface area contributed by atoms with Crippen molar-refractivity contribution < 1.29 is 23.0 Å². The van der Waals surface area contributed by atoms with Crippen molar-refractivity contribution in [3.63, 3.8) is 0 Å². The number of benzene rings is 2. The van der Waals surface area contributed by atoms with E-state index in [9.17, 15) is 13.6 Å². The van der Waals surface area contributed by atoms with Crippen molar-refractivity contribution >= 4 is 6.29 Å². The predicted octanol–water partition coefficient (Wildman–Crippen LogP) is 3.68. The first-order valence-corrected chi connectivity index (χ1v) is 6.26. The van der Waals surface area contributed by atoms with Gasteiger partial charge in [0.05, 0.1) is 7.11 Å². The Bertz CT molecular complexity index is 612. The average molecular weight is 292 g/mol. The van der Waals surface area contributed by atoms with Gasteiger partial charge in [0, 0.05) is 11.1 Å². The molecule has 0 saturated heterocycles. The van der Waals surface area contributed by atoms with Crippen molar-refractivity contribution in [2.24, 2.45) is 0 Å². The molecule has 2 aromatic rings. The van der Waals surface area contributed by atoms with Crippen molar-refractivity contribution in [2.75, 3.05) is 13.7 Å². The number of halogens is 2. The van der Waals surface area contributed by atoms with Gasteiger partial charge >= 0.3 is 5.92 Å². The zero-order valence-corrected chi connectivity index (χ0v) is 11.4. The quantitative estimate of drug-likeness (QED) is 0.762. The van der Waals surface area contributed by atoms with Gasteiger partial charge in [0.2, 0.25) is 0 Å². The van der Waals surface area contributed by atoms with Crippen LogP contribution in [-0.2, 0) is 5.92 Å². The first kappa shape index (κ1) is 15.0. The molecule has 0 N–H and O–H groups in total. The molecule has 0 amide bonds. The number of rotatable bonds is 6. The first-order valence-electron chi connectivity index (χ1n) is 6.26. The summed E-state index contributed by atoms with van der Waals surface area (Å²) in [6.45, 7) is -0.838. The molecule has 3 nitrogen and oxygen atoms in total. The molecule has 0 saturated carbocycles. The van der Waals surface area contributed by atoms with E-state index in [0.29, 0.717) is 17.6 Å². The number of carbonyl (C=O) groups is 1. The SMILES string of the molecule is COc1ccc(C=O)cc1OCC(F)(F)c1ccccc1. The molecule has 0 aliphatic carbocycles. The number of aldehydes is 1. The summed E-state index contributed by atoms with van der Waals surface area (Å²) in [6, 6.07) is 11.8. The maximum atomic E-state index is 14.0. The number of hydrogen-bond donors (Lipinski definition) is 0. The maximum absolute atomic E-state index is 14.0. The van der Waals surface area contributed by atoms with Crippen LogP contribution in [-0.4, -0.2) is 20.0 Å². The second-order valence-corrected chi connectivity index (χ2v) is 4.39. The molecule has 5 heteroatoms. The second kappa shape index (κ2) is 6.35. The molecule has 0 aliphatic rings. The van der Waals surface area contributed by atoms with E-state index < -0.39 is 12.5 Å². The molecule has 0 atom stereocenters. The highest BCUT2D eigenvalue weighted by Crippen LogP contribution is 2.32. The minimum Gasteiger partial charge on any atom is -0.493 e. The third kappa shape index (κ3) is 3.56. The van der Waals surface area contributed by atoms with Gasteiger partial charge in [0.1, 0.15) is 6.29 Å². The largest absolute Gasteiger partial charge is 0.493 e. The summed E-state index contributed by atoms with van der Waals surface area (Å²) in [5, 5.41) is 0. The summed E-state index contributed by atoms with van der Waals surface area (Å²) in [5.74, 6) is -2.73.